The van der Waals surface area contributed by atoms with Crippen LogP contribution in [-0.2, 0) is 4.79 Å². The third kappa shape index (κ3) is 2.68. The predicted molar refractivity (Wildman–Crippen MR) is 52.1 cm³/mol. The van der Waals surface area contributed by atoms with E-state index in [1.54, 1.807) is 0 Å². The summed E-state index contributed by atoms with van der Waals surface area (Å²) in [5.41, 5.74) is 11.1. The molecular weight excluding hydrogens is 207 g/mol. The standard InChI is InChI=1S/C9H10ClFN2O/c10-7-3-5(11)1-2-6(7)8(12)4-9(13)14/h1-3,8H,4,12H2,(H2,13,14). The summed E-state index contributed by atoms with van der Waals surface area (Å²) in [5, 5.41) is 0.207. The third-order valence-electron chi connectivity index (χ3n) is 1.78. The molecule has 0 aromatic heterocycles. The average Bonchev–Trinajstić information content (AvgIpc) is 2.01. The van der Waals surface area contributed by atoms with E-state index in [0.717, 1.165) is 6.07 Å². The molecule has 0 bridgehead atoms. The van der Waals surface area contributed by atoms with E-state index in [4.69, 9.17) is 23.1 Å². The number of halogens is 2. The van der Waals surface area contributed by atoms with E-state index in [1.807, 2.05) is 0 Å². The smallest absolute Gasteiger partial charge is 0.219 e. The Hall–Kier alpha value is -1.13. The van der Waals surface area contributed by atoms with Gasteiger partial charge in [-0.3, -0.25) is 4.79 Å². The number of carbonyl (C=O) groups is 1. The number of hydrogen-bond acceptors (Lipinski definition) is 2. The highest BCUT2D eigenvalue weighted by atomic mass is 35.5. The molecule has 76 valence electrons. The first-order valence-electron chi connectivity index (χ1n) is 3.99. The van der Waals surface area contributed by atoms with Crippen LogP contribution in [0.5, 0.6) is 0 Å². The summed E-state index contributed by atoms with van der Waals surface area (Å²) in [6.07, 6.45) is -0.00858. The number of rotatable bonds is 3. The topological polar surface area (TPSA) is 69.1 Å². The van der Waals surface area contributed by atoms with E-state index in [9.17, 15) is 9.18 Å². The summed E-state index contributed by atoms with van der Waals surface area (Å²) in [7, 11) is 0. The van der Waals surface area contributed by atoms with Gasteiger partial charge in [0.2, 0.25) is 5.91 Å². The molecule has 0 heterocycles. The number of benzene rings is 1. The van der Waals surface area contributed by atoms with Crippen LogP contribution >= 0.6 is 11.6 Å². The van der Waals surface area contributed by atoms with E-state index >= 15 is 0 Å². The zero-order chi connectivity index (χ0) is 10.7. The Kier molecular flexibility index (Phi) is 3.43. The summed E-state index contributed by atoms with van der Waals surface area (Å²) >= 11 is 5.74. The molecule has 0 aliphatic rings. The first kappa shape index (κ1) is 10.9. The first-order chi connectivity index (χ1) is 6.50. The zero-order valence-electron chi connectivity index (χ0n) is 7.34. The molecule has 4 N–H and O–H groups in total. The molecule has 3 nitrogen and oxygen atoms in total. The summed E-state index contributed by atoms with van der Waals surface area (Å²) < 4.78 is 12.7. The van der Waals surface area contributed by atoms with Crippen LogP contribution in [0.4, 0.5) is 4.39 Å². The second-order valence-corrected chi connectivity index (χ2v) is 3.35. The Morgan fingerprint density at radius 2 is 2.21 bits per heavy atom. The Morgan fingerprint density at radius 1 is 1.57 bits per heavy atom. The molecule has 0 aliphatic heterocycles. The zero-order valence-corrected chi connectivity index (χ0v) is 8.09. The number of nitrogens with two attached hydrogens (primary N) is 2. The third-order valence-corrected chi connectivity index (χ3v) is 2.11. The summed E-state index contributed by atoms with van der Waals surface area (Å²) in [4.78, 5) is 10.6. The number of primary amides is 1. The molecule has 1 unspecified atom stereocenters. The predicted octanol–water partition coefficient (Wildman–Crippen LogP) is 1.35. The molecule has 1 atom stereocenters. The van der Waals surface area contributed by atoms with Crippen LogP contribution < -0.4 is 11.5 Å². The summed E-state index contributed by atoms with van der Waals surface area (Å²) in [6, 6.07) is 3.26. The van der Waals surface area contributed by atoms with E-state index in [-0.39, 0.29) is 11.4 Å². The Bertz CT molecular complexity index is 357. The minimum Gasteiger partial charge on any atom is -0.370 e. The van der Waals surface area contributed by atoms with Gasteiger partial charge in [-0.1, -0.05) is 17.7 Å². The minimum atomic E-state index is -0.583. The van der Waals surface area contributed by atoms with Crippen molar-refractivity contribution < 1.29 is 9.18 Å². The fourth-order valence-electron chi connectivity index (χ4n) is 1.13. The molecule has 1 aromatic rings. The minimum absolute atomic E-state index is 0.00858. The fraction of sp³-hybridized carbons (Fsp3) is 0.222. The van der Waals surface area contributed by atoms with Gasteiger partial charge in [-0.15, -0.1) is 0 Å². The van der Waals surface area contributed by atoms with Gasteiger partial charge in [0, 0.05) is 17.5 Å². The highest BCUT2D eigenvalue weighted by Gasteiger charge is 2.12. The Labute approximate surface area is 85.8 Å². The van der Waals surface area contributed by atoms with Crippen LogP contribution in [0.15, 0.2) is 18.2 Å². The van der Waals surface area contributed by atoms with Gasteiger partial charge in [-0.05, 0) is 17.7 Å². The van der Waals surface area contributed by atoms with Crippen molar-refractivity contribution in [3.05, 3.63) is 34.6 Å². The lowest BCUT2D eigenvalue weighted by atomic mass is 10.0. The van der Waals surface area contributed by atoms with Gasteiger partial charge in [0.05, 0.1) is 0 Å². The van der Waals surface area contributed by atoms with Gasteiger partial charge >= 0.3 is 0 Å². The van der Waals surface area contributed by atoms with Crippen molar-refractivity contribution in [2.45, 2.75) is 12.5 Å². The van der Waals surface area contributed by atoms with Crippen LogP contribution in [0, 0.1) is 5.82 Å². The van der Waals surface area contributed by atoms with Crippen LogP contribution in [0.25, 0.3) is 0 Å². The van der Waals surface area contributed by atoms with Crippen molar-refractivity contribution in [1.82, 2.24) is 0 Å². The van der Waals surface area contributed by atoms with Gasteiger partial charge in [0.15, 0.2) is 0 Å². The van der Waals surface area contributed by atoms with Crippen molar-refractivity contribution in [2.75, 3.05) is 0 Å². The largest absolute Gasteiger partial charge is 0.370 e. The van der Waals surface area contributed by atoms with E-state index in [1.165, 1.54) is 12.1 Å². The normalized spacial score (nSPS) is 12.5. The Balaban J connectivity index is 2.90. The van der Waals surface area contributed by atoms with Crippen molar-refractivity contribution in [3.8, 4) is 0 Å². The maximum Gasteiger partial charge on any atom is 0.219 e. The maximum absolute atomic E-state index is 12.7. The molecule has 0 aliphatic carbocycles. The van der Waals surface area contributed by atoms with Gasteiger partial charge in [-0.2, -0.15) is 0 Å². The number of carbonyl (C=O) groups excluding carboxylic acids is 1. The monoisotopic (exact) mass is 216 g/mol. The lowest BCUT2D eigenvalue weighted by molar-refractivity contribution is -0.118. The number of hydrogen-bond donors (Lipinski definition) is 2. The molecule has 1 aromatic carbocycles. The second-order valence-electron chi connectivity index (χ2n) is 2.94. The van der Waals surface area contributed by atoms with Gasteiger partial charge in [0.1, 0.15) is 5.82 Å². The molecule has 5 heteroatoms. The van der Waals surface area contributed by atoms with Crippen molar-refractivity contribution in [2.24, 2.45) is 11.5 Å². The highest BCUT2D eigenvalue weighted by Crippen LogP contribution is 2.24. The summed E-state index contributed by atoms with van der Waals surface area (Å²) in [6.45, 7) is 0. The first-order valence-corrected chi connectivity index (χ1v) is 4.37. The van der Waals surface area contributed by atoms with Crippen molar-refractivity contribution in [1.29, 1.82) is 0 Å². The lowest BCUT2D eigenvalue weighted by Gasteiger charge is -2.11. The molecule has 14 heavy (non-hydrogen) atoms. The average molecular weight is 217 g/mol. The molecule has 0 fully saturated rings. The molecule has 0 saturated carbocycles. The lowest BCUT2D eigenvalue weighted by Crippen LogP contribution is -2.20. The molecule has 0 saturated heterocycles. The fourth-order valence-corrected chi connectivity index (χ4v) is 1.44. The van der Waals surface area contributed by atoms with Crippen molar-refractivity contribution in [3.63, 3.8) is 0 Å². The second kappa shape index (κ2) is 4.39. The molecule has 0 spiro atoms. The van der Waals surface area contributed by atoms with Crippen molar-refractivity contribution >= 4 is 17.5 Å². The van der Waals surface area contributed by atoms with Crippen LogP contribution in [0.2, 0.25) is 5.02 Å². The van der Waals surface area contributed by atoms with E-state index in [2.05, 4.69) is 0 Å². The van der Waals surface area contributed by atoms with Crippen LogP contribution in [0.3, 0.4) is 0 Å². The molecule has 1 amide bonds. The van der Waals surface area contributed by atoms with Crippen LogP contribution in [0.1, 0.15) is 18.0 Å². The van der Waals surface area contributed by atoms with Gasteiger partial charge < -0.3 is 11.5 Å². The molecule has 0 radical (unpaired) electrons. The van der Waals surface area contributed by atoms with Gasteiger partial charge in [0.25, 0.3) is 0 Å². The molecule has 1 rings (SSSR count). The van der Waals surface area contributed by atoms with E-state index < -0.39 is 17.8 Å². The van der Waals surface area contributed by atoms with E-state index in [0.29, 0.717) is 5.56 Å². The SMILES string of the molecule is NC(=O)CC(N)c1ccc(F)cc1Cl. The summed E-state index contributed by atoms with van der Waals surface area (Å²) in [5.74, 6) is -0.956. The highest BCUT2D eigenvalue weighted by molar-refractivity contribution is 6.31. The number of amides is 1. The Morgan fingerprint density at radius 3 is 2.71 bits per heavy atom. The van der Waals surface area contributed by atoms with Gasteiger partial charge in [-0.25, -0.2) is 4.39 Å². The molecular formula is C9H10ClFN2O. The maximum atomic E-state index is 12.7. The quantitative estimate of drug-likeness (QED) is 0.801. The van der Waals surface area contributed by atoms with Crippen LogP contribution in [-0.4, -0.2) is 5.91 Å².